The van der Waals surface area contributed by atoms with Crippen molar-refractivity contribution in [3.05, 3.63) is 36.9 Å². The van der Waals surface area contributed by atoms with Crippen molar-refractivity contribution in [2.75, 3.05) is 11.9 Å². The maximum atomic E-state index is 12.3. The van der Waals surface area contributed by atoms with Crippen LogP contribution in [0.1, 0.15) is 19.3 Å². The van der Waals surface area contributed by atoms with Crippen molar-refractivity contribution in [3.63, 3.8) is 0 Å². The van der Waals surface area contributed by atoms with Gasteiger partial charge in [-0.3, -0.25) is 4.79 Å². The molecule has 0 bridgehead atoms. The van der Waals surface area contributed by atoms with E-state index in [1.807, 2.05) is 24.3 Å². The molecule has 20 heavy (non-hydrogen) atoms. The number of nitrogens with one attached hydrogen (secondary N) is 1. The van der Waals surface area contributed by atoms with Crippen molar-refractivity contribution in [2.24, 2.45) is 11.1 Å². The van der Waals surface area contributed by atoms with Crippen molar-refractivity contribution in [2.45, 2.75) is 19.3 Å². The lowest BCUT2D eigenvalue weighted by atomic mass is 9.68. The summed E-state index contributed by atoms with van der Waals surface area (Å²) < 4.78 is 5.26. The highest BCUT2D eigenvalue weighted by Gasteiger charge is 2.42. The second-order valence-electron chi connectivity index (χ2n) is 5.24. The molecule has 5 heteroatoms. The van der Waals surface area contributed by atoms with Crippen LogP contribution in [-0.2, 0) is 4.79 Å². The van der Waals surface area contributed by atoms with Crippen molar-refractivity contribution >= 4 is 11.6 Å². The number of carbonyl (C=O) groups is 1. The number of rotatable bonds is 4. The Morgan fingerprint density at radius 3 is 2.90 bits per heavy atom. The van der Waals surface area contributed by atoms with Gasteiger partial charge in [0.05, 0.1) is 11.6 Å². The molecule has 2 aromatic rings. The van der Waals surface area contributed by atoms with E-state index in [0.717, 1.165) is 30.5 Å². The number of oxazole rings is 1. The fourth-order valence-electron chi connectivity index (χ4n) is 2.50. The normalized spacial score (nSPS) is 16.4. The van der Waals surface area contributed by atoms with Gasteiger partial charge >= 0.3 is 0 Å². The Balaban J connectivity index is 1.78. The predicted molar refractivity (Wildman–Crippen MR) is 75.9 cm³/mol. The van der Waals surface area contributed by atoms with Crippen LogP contribution in [0.3, 0.4) is 0 Å². The molecule has 104 valence electrons. The highest BCUT2D eigenvalue weighted by atomic mass is 16.3. The summed E-state index contributed by atoms with van der Waals surface area (Å²) in [6.07, 6.45) is 5.85. The van der Waals surface area contributed by atoms with E-state index in [4.69, 9.17) is 10.2 Å². The standard InChI is InChI=1S/C15H17N3O2/c16-9-15(5-2-6-15)14(19)18-12-4-1-3-11(7-12)13-8-17-10-20-13/h1,3-4,7-8,10H,2,5-6,9,16H2,(H,18,19). The van der Waals surface area contributed by atoms with E-state index in [0.29, 0.717) is 12.3 Å². The lowest BCUT2D eigenvalue weighted by Crippen LogP contribution is -2.47. The van der Waals surface area contributed by atoms with Gasteiger partial charge in [0.15, 0.2) is 12.2 Å². The average Bonchev–Trinajstić information content (AvgIpc) is 2.92. The zero-order chi connectivity index (χ0) is 14.0. The molecule has 1 aromatic carbocycles. The van der Waals surface area contributed by atoms with Gasteiger partial charge in [-0.05, 0) is 25.0 Å². The predicted octanol–water partition coefficient (Wildman–Crippen LogP) is 2.41. The molecule has 1 saturated carbocycles. The minimum Gasteiger partial charge on any atom is -0.444 e. The third-order valence-corrected chi connectivity index (χ3v) is 4.02. The third-order valence-electron chi connectivity index (χ3n) is 4.02. The molecule has 1 aromatic heterocycles. The Labute approximate surface area is 117 Å². The highest BCUT2D eigenvalue weighted by molar-refractivity contribution is 5.96. The molecule has 0 radical (unpaired) electrons. The van der Waals surface area contributed by atoms with Gasteiger partial charge in [0.1, 0.15) is 0 Å². The van der Waals surface area contributed by atoms with Gasteiger partial charge < -0.3 is 15.5 Å². The number of hydrogen-bond donors (Lipinski definition) is 2. The van der Waals surface area contributed by atoms with Crippen LogP contribution in [0.4, 0.5) is 5.69 Å². The summed E-state index contributed by atoms with van der Waals surface area (Å²) in [5.41, 5.74) is 7.01. The number of aromatic nitrogens is 1. The summed E-state index contributed by atoms with van der Waals surface area (Å²) in [4.78, 5) is 16.2. The topological polar surface area (TPSA) is 81.2 Å². The number of anilines is 1. The summed E-state index contributed by atoms with van der Waals surface area (Å²) >= 11 is 0. The molecule has 1 heterocycles. The summed E-state index contributed by atoms with van der Waals surface area (Å²) in [5, 5.41) is 2.96. The van der Waals surface area contributed by atoms with E-state index >= 15 is 0 Å². The highest BCUT2D eigenvalue weighted by Crippen LogP contribution is 2.40. The van der Waals surface area contributed by atoms with E-state index in [1.165, 1.54) is 6.39 Å². The molecule has 0 spiro atoms. The second kappa shape index (κ2) is 5.09. The molecule has 1 aliphatic carbocycles. The van der Waals surface area contributed by atoms with Crippen molar-refractivity contribution in [1.82, 2.24) is 4.98 Å². The number of benzene rings is 1. The van der Waals surface area contributed by atoms with Crippen LogP contribution in [0.15, 0.2) is 41.3 Å². The minimum absolute atomic E-state index is 0.0148. The molecule has 3 rings (SSSR count). The van der Waals surface area contributed by atoms with Gasteiger partial charge in [0.25, 0.3) is 0 Å². The Morgan fingerprint density at radius 1 is 1.45 bits per heavy atom. The van der Waals surface area contributed by atoms with Crippen molar-refractivity contribution < 1.29 is 9.21 Å². The maximum absolute atomic E-state index is 12.3. The van der Waals surface area contributed by atoms with Gasteiger partial charge in [0.2, 0.25) is 5.91 Å². The molecule has 0 unspecified atom stereocenters. The van der Waals surface area contributed by atoms with Gasteiger partial charge in [0, 0.05) is 17.8 Å². The Hall–Kier alpha value is -2.14. The van der Waals surface area contributed by atoms with Crippen molar-refractivity contribution in [1.29, 1.82) is 0 Å². The van der Waals surface area contributed by atoms with Crippen LogP contribution >= 0.6 is 0 Å². The molecule has 1 aliphatic rings. The van der Waals surface area contributed by atoms with E-state index in [1.54, 1.807) is 6.20 Å². The van der Waals surface area contributed by atoms with Crippen LogP contribution in [-0.4, -0.2) is 17.4 Å². The molecule has 0 aliphatic heterocycles. The first-order valence-corrected chi connectivity index (χ1v) is 6.74. The number of hydrogen-bond acceptors (Lipinski definition) is 4. The van der Waals surface area contributed by atoms with E-state index in [9.17, 15) is 4.79 Å². The Kier molecular flexibility index (Phi) is 3.28. The first-order chi connectivity index (χ1) is 9.73. The molecular formula is C15H17N3O2. The van der Waals surface area contributed by atoms with Crippen LogP contribution in [0.5, 0.6) is 0 Å². The van der Waals surface area contributed by atoms with Gasteiger partial charge in [-0.2, -0.15) is 0 Å². The maximum Gasteiger partial charge on any atom is 0.231 e. The largest absolute Gasteiger partial charge is 0.444 e. The number of nitrogens with two attached hydrogens (primary N) is 1. The molecule has 1 amide bonds. The van der Waals surface area contributed by atoms with Crippen LogP contribution in [0, 0.1) is 5.41 Å². The van der Waals surface area contributed by atoms with E-state index < -0.39 is 0 Å². The monoisotopic (exact) mass is 271 g/mol. The fourth-order valence-corrected chi connectivity index (χ4v) is 2.50. The van der Waals surface area contributed by atoms with E-state index in [2.05, 4.69) is 10.3 Å². The van der Waals surface area contributed by atoms with E-state index in [-0.39, 0.29) is 11.3 Å². The van der Waals surface area contributed by atoms with Gasteiger partial charge in [-0.1, -0.05) is 18.6 Å². The first kappa shape index (κ1) is 12.9. The fraction of sp³-hybridized carbons (Fsp3) is 0.333. The van der Waals surface area contributed by atoms with Crippen LogP contribution in [0.2, 0.25) is 0 Å². The van der Waals surface area contributed by atoms with Gasteiger partial charge in [-0.15, -0.1) is 0 Å². The average molecular weight is 271 g/mol. The molecule has 1 fully saturated rings. The number of carbonyl (C=O) groups excluding carboxylic acids is 1. The first-order valence-electron chi connectivity index (χ1n) is 6.74. The molecule has 0 atom stereocenters. The summed E-state index contributed by atoms with van der Waals surface area (Å²) in [7, 11) is 0. The Bertz CT molecular complexity index is 598. The van der Waals surface area contributed by atoms with Crippen LogP contribution < -0.4 is 11.1 Å². The zero-order valence-electron chi connectivity index (χ0n) is 11.1. The third kappa shape index (κ3) is 2.20. The second-order valence-corrected chi connectivity index (χ2v) is 5.24. The Morgan fingerprint density at radius 2 is 2.30 bits per heavy atom. The molecule has 3 N–H and O–H groups in total. The smallest absolute Gasteiger partial charge is 0.231 e. The SMILES string of the molecule is NCC1(C(=O)Nc2cccc(-c3cnco3)c2)CCC1. The molecule has 0 saturated heterocycles. The minimum atomic E-state index is -0.373. The zero-order valence-corrected chi connectivity index (χ0v) is 11.1. The quantitative estimate of drug-likeness (QED) is 0.894. The lowest BCUT2D eigenvalue weighted by molar-refractivity contribution is -0.129. The van der Waals surface area contributed by atoms with Crippen molar-refractivity contribution in [3.8, 4) is 11.3 Å². The number of amides is 1. The van der Waals surface area contributed by atoms with Crippen LogP contribution in [0.25, 0.3) is 11.3 Å². The lowest BCUT2D eigenvalue weighted by Gasteiger charge is -2.39. The summed E-state index contributed by atoms with van der Waals surface area (Å²) in [6, 6.07) is 7.53. The molecule has 5 nitrogen and oxygen atoms in total. The van der Waals surface area contributed by atoms with Gasteiger partial charge in [-0.25, -0.2) is 4.98 Å². The number of nitrogens with zero attached hydrogens (tertiary/aromatic N) is 1. The molecular weight excluding hydrogens is 254 g/mol. The summed E-state index contributed by atoms with van der Waals surface area (Å²) in [5.74, 6) is 0.694. The summed E-state index contributed by atoms with van der Waals surface area (Å²) in [6.45, 7) is 0.403.